The lowest BCUT2D eigenvalue weighted by atomic mass is 9.98. The van der Waals surface area contributed by atoms with Gasteiger partial charge in [0.05, 0.1) is 0 Å². The Morgan fingerprint density at radius 2 is 0.872 bits per heavy atom. The molecule has 0 aromatic heterocycles. The van der Waals surface area contributed by atoms with Crippen LogP contribution in [0.15, 0.2) is 0 Å². The van der Waals surface area contributed by atoms with E-state index in [0.717, 1.165) is 32.1 Å². The van der Waals surface area contributed by atoms with Gasteiger partial charge in [0.15, 0.2) is 12.4 Å². The molecule has 5 unspecified atom stereocenters. The number of aliphatic hydroxyl groups is 4. The second-order valence-corrected chi connectivity index (χ2v) is 11.3. The molecule has 1 aliphatic rings. The minimum atomic E-state index is -1.70. The fourth-order valence-corrected chi connectivity index (χ4v) is 5.15. The van der Waals surface area contributed by atoms with Gasteiger partial charge in [-0.05, 0) is 12.8 Å². The third-order valence-electron chi connectivity index (χ3n) is 7.71. The number of rotatable bonds is 25. The Kier molecular flexibility index (Phi) is 21.5. The largest absolute Gasteiger partial charge is 0.481 e. The Balaban J connectivity index is 1.77. The maximum Gasteiger partial charge on any atom is 0.303 e. The van der Waals surface area contributed by atoms with Crippen molar-refractivity contribution in [2.75, 3.05) is 6.54 Å². The summed E-state index contributed by atoms with van der Waals surface area (Å²) in [7, 11) is 0. The van der Waals surface area contributed by atoms with Gasteiger partial charge in [-0.2, -0.15) is 0 Å². The van der Waals surface area contributed by atoms with Gasteiger partial charge in [0.2, 0.25) is 0 Å². The fraction of sp³-hybridized carbons (Fsp3) is 0.933. The number of carboxylic acids is 1. The summed E-state index contributed by atoms with van der Waals surface area (Å²) in [6, 6.07) is 0. The molecule has 1 saturated heterocycles. The van der Waals surface area contributed by atoms with Crippen LogP contribution in [0.25, 0.3) is 0 Å². The molecule has 6 N–H and O–H groups in total. The molecule has 230 valence electrons. The smallest absolute Gasteiger partial charge is 0.303 e. The number of hydrogen-bond donors (Lipinski definition) is 6. The lowest BCUT2D eigenvalue weighted by Gasteiger charge is -2.37. The SMILES string of the molecule is O=C(O)CCCCCCCCCCCCCCCCCCCCCCCNC(=O)C1OC(O)C(O)C(O)C1O. The van der Waals surface area contributed by atoms with E-state index in [1.807, 2.05) is 0 Å². The van der Waals surface area contributed by atoms with E-state index in [4.69, 9.17) is 9.84 Å². The Morgan fingerprint density at radius 3 is 1.26 bits per heavy atom. The van der Waals surface area contributed by atoms with E-state index in [1.54, 1.807) is 0 Å². The Bertz CT molecular complexity index is 620. The number of nitrogens with one attached hydrogen (secondary N) is 1. The number of amides is 1. The number of aliphatic carboxylic acids is 1. The number of carbonyl (C=O) groups is 2. The number of hydrogen-bond acceptors (Lipinski definition) is 7. The molecule has 5 atom stereocenters. The summed E-state index contributed by atoms with van der Waals surface area (Å²) in [5, 5.41) is 49.8. The molecule has 9 nitrogen and oxygen atoms in total. The molecular weight excluding hydrogens is 502 g/mol. The first-order chi connectivity index (χ1) is 18.8. The Morgan fingerprint density at radius 1 is 0.513 bits per heavy atom. The van der Waals surface area contributed by atoms with Crippen LogP contribution in [0.1, 0.15) is 141 Å². The molecule has 0 aromatic rings. The molecule has 1 aliphatic heterocycles. The number of carboxylic acid groups (broad SMARTS) is 1. The van der Waals surface area contributed by atoms with E-state index in [1.165, 1.54) is 103 Å². The molecule has 1 rings (SSSR count). The lowest BCUT2D eigenvalue weighted by Crippen LogP contribution is -2.61. The van der Waals surface area contributed by atoms with Crippen LogP contribution in [-0.2, 0) is 14.3 Å². The van der Waals surface area contributed by atoms with Crippen LogP contribution in [0, 0.1) is 0 Å². The van der Waals surface area contributed by atoms with Crippen LogP contribution in [0.5, 0.6) is 0 Å². The van der Waals surface area contributed by atoms with Gasteiger partial charge in [0.1, 0.15) is 18.3 Å². The summed E-state index contributed by atoms with van der Waals surface area (Å²) in [4.78, 5) is 22.6. The molecule has 0 radical (unpaired) electrons. The maximum absolute atomic E-state index is 12.1. The third-order valence-corrected chi connectivity index (χ3v) is 7.71. The summed E-state index contributed by atoms with van der Waals surface area (Å²) in [5.74, 6) is -1.27. The van der Waals surface area contributed by atoms with Crippen LogP contribution in [0.2, 0.25) is 0 Å². The van der Waals surface area contributed by atoms with Gasteiger partial charge in [-0.3, -0.25) is 9.59 Å². The average Bonchev–Trinajstić information content (AvgIpc) is 2.91. The summed E-state index contributed by atoms with van der Waals surface area (Å²) < 4.78 is 4.92. The molecule has 39 heavy (non-hydrogen) atoms. The van der Waals surface area contributed by atoms with E-state index >= 15 is 0 Å². The van der Waals surface area contributed by atoms with Crippen molar-refractivity contribution in [2.45, 2.75) is 172 Å². The zero-order chi connectivity index (χ0) is 28.7. The highest BCUT2D eigenvalue weighted by atomic mass is 16.6. The summed E-state index contributed by atoms with van der Waals surface area (Å²) >= 11 is 0. The van der Waals surface area contributed by atoms with Crippen LogP contribution in [-0.4, -0.2) is 74.7 Å². The Labute approximate surface area is 235 Å². The second-order valence-electron chi connectivity index (χ2n) is 11.3. The topological polar surface area (TPSA) is 157 Å². The van der Waals surface area contributed by atoms with Crippen LogP contribution in [0.3, 0.4) is 0 Å². The average molecular weight is 560 g/mol. The highest BCUT2D eigenvalue weighted by Gasteiger charge is 2.46. The molecule has 1 amide bonds. The summed E-state index contributed by atoms with van der Waals surface area (Å²) in [6.45, 7) is 0.442. The number of unbranched alkanes of at least 4 members (excludes halogenated alkanes) is 20. The minimum absolute atomic E-state index is 0.314. The molecule has 9 heteroatoms. The van der Waals surface area contributed by atoms with Crippen molar-refractivity contribution in [3.63, 3.8) is 0 Å². The van der Waals surface area contributed by atoms with Crippen LogP contribution >= 0.6 is 0 Å². The number of carbonyl (C=O) groups excluding carboxylic acids is 1. The van der Waals surface area contributed by atoms with Gasteiger partial charge in [0.25, 0.3) is 5.91 Å². The standard InChI is InChI=1S/C30H57NO8/c32-24(33)22-20-18-16-14-12-10-8-6-4-2-1-3-5-7-9-11-13-15-17-19-21-23-31-29(37)28-26(35)25(34)27(36)30(38)39-28/h25-28,30,34-36,38H,1-23H2,(H,31,37)(H,32,33). The van der Waals surface area contributed by atoms with Gasteiger partial charge in [-0.25, -0.2) is 0 Å². The molecule has 1 fully saturated rings. The number of aliphatic hydroxyl groups excluding tert-OH is 4. The first kappa shape index (κ1) is 35.8. The molecule has 0 bridgehead atoms. The van der Waals surface area contributed by atoms with Crippen molar-refractivity contribution in [1.82, 2.24) is 5.32 Å². The van der Waals surface area contributed by atoms with Crippen molar-refractivity contribution in [1.29, 1.82) is 0 Å². The first-order valence-electron chi connectivity index (χ1n) is 15.7. The highest BCUT2D eigenvalue weighted by Crippen LogP contribution is 2.20. The molecule has 1 heterocycles. The Hall–Kier alpha value is -1.26. The maximum atomic E-state index is 12.1. The molecule has 0 aromatic carbocycles. The zero-order valence-electron chi connectivity index (χ0n) is 24.1. The van der Waals surface area contributed by atoms with E-state index < -0.39 is 42.6 Å². The monoisotopic (exact) mass is 559 g/mol. The van der Waals surface area contributed by atoms with Crippen molar-refractivity contribution in [3.05, 3.63) is 0 Å². The third kappa shape index (κ3) is 17.9. The van der Waals surface area contributed by atoms with E-state index in [2.05, 4.69) is 5.32 Å². The number of ether oxygens (including phenoxy) is 1. The van der Waals surface area contributed by atoms with Crippen molar-refractivity contribution < 1.29 is 39.9 Å². The fourth-order valence-electron chi connectivity index (χ4n) is 5.15. The van der Waals surface area contributed by atoms with Crippen molar-refractivity contribution in [2.24, 2.45) is 0 Å². The second kappa shape index (κ2) is 23.4. The van der Waals surface area contributed by atoms with Crippen LogP contribution in [0.4, 0.5) is 0 Å². The van der Waals surface area contributed by atoms with E-state index in [-0.39, 0.29) is 0 Å². The van der Waals surface area contributed by atoms with E-state index in [9.17, 15) is 30.0 Å². The van der Waals surface area contributed by atoms with E-state index in [0.29, 0.717) is 13.0 Å². The van der Waals surface area contributed by atoms with Gasteiger partial charge in [-0.15, -0.1) is 0 Å². The molecule has 0 saturated carbocycles. The van der Waals surface area contributed by atoms with Crippen molar-refractivity contribution >= 4 is 11.9 Å². The van der Waals surface area contributed by atoms with Crippen molar-refractivity contribution in [3.8, 4) is 0 Å². The predicted octanol–water partition coefficient (Wildman–Crippen LogP) is 4.57. The summed E-state index contributed by atoms with van der Waals surface area (Å²) in [5.41, 5.74) is 0. The predicted molar refractivity (Wildman–Crippen MR) is 151 cm³/mol. The summed E-state index contributed by atoms with van der Waals surface area (Å²) in [6.07, 6.45) is 18.0. The molecule has 0 aliphatic carbocycles. The van der Waals surface area contributed by atoms with Gasteiger partial charge < -0.3 is 35.6 Å². The first-order valence-corrected chi connectivity index (χ1v) is 15.7. The zero-order valence-corrected chi connectivity index (χ0v) is 24.1. The van der Waals surface area contributed by atoms with Crippen LogP contribution < -0.4 is 5.32 Å². The van der Waals surface area contributed by atoms with Gasteiger partial charge >= 0.3 is 5.97 Å². The lowest BCUT2D eigenvalue weighted by molar-refractivity contribution is -0.275. The molecular formula is C30H57NO8. The normalized spacial score (nSPS) is 23.1. The van der Waals surface area contributed by atoms with Gasteiger partial charge in [0, 0.05) is 13.0 Å². The van der Waals surface area contributed by atoms with Gasteiger partial charge in [-0.1, -0.05) is 122 Å². The minimum Gasteiger partial charge on any atom is -0.481 e. The molecule has 0 spiro atoms. The highest BCUT2D eigenvalue weighted by molar-refractivity contribution is 5.81. The quantitative estimate of drug-likeness (QED) is 0.0888.